The Morgan fingerprint density at radius 3 is 2.59 bits per heavy atom. The van der Waals surface area contributed by atoms with Crippen LogP contribution in [0.3, 0.4) is 0 Å². The van der Waals surface area contributed by atoms with Crippen LogP contribution in [-0.2, 0) is 16.1 Å². The van der Waals surface area contributed by atoms with E-state index in [-0.39, 0.29) is 37.2 Å². The Labute approximate surface area is 154 Å². The van der Waals surface area contributed by atoms with Gasteiger partial charge in [-0.3, -0.25) is 4.79 Å². The van der Waals surface area contributed by atoms with Crippen LogP contribution in [0.1, 0.15) is 5.56 Å². The summed E-state index contributed by atoms with van der Waals surface area (Å²) in [5, 5.41) is 0. The summed E-state index contributed by atoms with van der Waals surface area (Å²) in [6, 6.07) is 14.1. The molecule has 0 saturated carbocycles. The smallest absolute Gasteiger partial charge is 0.422 e. The topological polar surface area (TPSA) is 48.0 Å². The first-order valence-electron chi connectivity index (χ1n) is 8.31. The summed E-state index contributed by atoms with van der Waals surface area (Å²) >= 11 is 0. The predicted octanol–water partition coefficient (Wildman–Crippen LogP) is 3.57. The molecule has 0 unspecified atom stereocenters. The highest BCUT2D eigenvalue weighted by molar-refractivity contribution is 5.98. The van der Waals surface area contributed by atoms with Gasteiger partial charge in [-0.1, -0.05) is 36.4 Å². The van der Waals surface area contributed by atoms with Crippen molar-refractivity contribution in [3.63, 3.8) is 0 Å². The van der Waals surface area contributed by atoms with Crippen molar-refractivity contribution < 1.29 is 32.2 Å². The molecule has 1 aliphatic rings. The molecule has 1 amide bonds. The van der Waals surface area contributed by atoms with Gasteiger partial charge in [0.1, 0.15) is 0 Å². The monoisotopic (exact) mass is 381 g/mol. The third-order valence-electron chi connectivity index (χ3n) is 3.85. The lowest BCUT2D eigenvalue weighted by Gasteiger charge is -2.30. The van der Waals surface area contributed by atoms with Crippen LogP contribution in [0, 0.1) is 0 Å². The van der Waals surface area contributed by atoms with Crippen molar-refractivity contribution in [3.8, 4) is 11.5 Å². The third kappa shape index (κ3) is 5.13. The summed E-state index contributed by atoms with van der Waals surface area (Å²) in [7, 11) is 0. The summed E-state index contributed by atoms with van der Waals surface area (Å²) in [4.78, 5) is 13.6. The highest BCUT2D eigenvalue weighted by Crippen LogP contribution is 2.40. The fraction of sp³-hybridized carbons (Fsp3) is 0.316. The van der Waals surface area contributed by atoms with Crippen molar-refractivity contribution in [2.24, 2.45) is 0 Å². The Hall–Kier alpha value is -2.74. The van der Waals surface area contributed by atoms with Gasteiger partial charge in [0.25, 0.3) is 5.91 Å². The van der Waals surface area contributed by atoms with Crippen molar-refractivity contribution in [1.29, 1.82) is 0 Å². The van der Waals surface area contributed by atoms with E-state index < -0.39 is 12.8 Å². The average Bonchev–Trinajstić information content (AvgIpc) is 2.65. The van der Waals surface area contributed by atoms with E-state index >= 15 is 0 Å². The van der Waals surface area contributed by atoms with Crippen molar-refractivity contribution in [3.05, 3.63) is 54.1 Å². The van der Waals surface area contributed by atoms with Crippen LogP contribution in [0.25, 0.3) is 0 Å². The van der Waals surface area contributed by atoms with Crippen LogP contribution >= 0.6 is 0 Å². The maximum atomic E-state index is 12.4. The van der Waals surface area contributed by atoms with E-state index in [1.165, 1.54) is 17.0 Å². The summed E-state index contributed by atoms with van der Waals surface area (Å²) in [6.07, 6.45) is -4.46. The molecular weight excluding hydrogens is 363 g/mol. The van der Waals surface area contributed by atoms with E-state index in [9.17, 15) is 18.0 Å². The summed E-state index contributed by atoms with van der Waals surface area (Å²) < 4.78 is 53.0. The largest absolute Gasteiger partial charge is 0.480 e. The predicted molar refractivity (Wildman–Crippen MR) is 91.9 cm³/mol. The second-order valence-electron chi connectivity index (χ2n) is 5.88. The molecule has 0 atom stereocenters. The minimum Gasteiger partial charge on any atom is -0.480 e. The number of carbonyl (C=O) groups excluding carboxylic acids is 1. The van der Waals surface area contributed by atoms with E-state index in [1.54, 1.807) is 6.07 Å². The van der Waals surface area contributed by atoms with Crippen LogP contribution in [-0.4, -0.2) is 38.4 Å². The fourth-order valence-corrected chi connectivity index (χ4v) is 2.65. The number of amides is 1. The first-order chi connectivity index (χ1) is 12.9. The maximum absolute atomic E-state index is 12.4. The summed E-state index contributed by atoms with van der Waals surface area (Å²) in [5.74, 6) is -0.212. The van der Waals surface area contributed by atoms with Gasteiger partial charge in [-0.25, -0.2) is 0 Å². The Kier molecular flexibility index (Phi) is 5.85. The number of fused-ring (bicyclic) bond motifs is 1. The van der Waals surface area contributed by atoms with Gasteiger partial charge >= 0.3 is 6.18 Å². The molecule has 0 fully saturated rings. The molecule has 0 N–H and O–H groups in total. The number of halogens is 3. The van der Waals surface area contributed by atoms with Crippen LogP contribution in [0.5, 0.6) is 11.5 Å². The van der Waals surface area contributed by atoms with Crippen molar-refractivity contribution in [2.45, 2.75) is 12.8 Å². The number of alkyl halides is 3. The van der Waals surface area contributed by atoms with E-state index in [4.69, 9.17) is 14.2 Å². The number of hydrogen-bond donors (Lipinski definition) is 0. The van der Waals surface area contributed by atoms with E-state index in [1.807, 2.05) is 30.3 Å². The Bertz CT molecular complexity index is 780. The van der Waals surface area contributed by atoms with Gasteiger partial charge in [-0.05, 0) is 17.7 Å². The Morgan fingerprint density at radius 1 is 1.07 bits per heavy atom. The number of hydrogen-bond acceptors (Lipinski definition) is 4. The molecule has 0 aliphatic carbocycles. The molecule has 0 aromatic heterocycles. The van der Waals surface area contributed by atoms with Gasteiger partial charge in [0.05, 0.1) is 18.9 Å². The van der Waals surface area contributed by atoms with Crippen LogP contribution < -0.4 is 14.4 Å². The lowest BCUT2D eigenvalue weighted by atomic mass is 10.2. The first-order valence-corrected chi connectivity index (χ1v) is 8.31. The second-order valence-corrected chi connectivity index (χ2v) is 5.88. The van der Waals surface area contributed by atoms with Gasteiger partial charge in [0.2, 0.25) is 0 Å². The number of benzene rings is 2. The quantitative estimate of drug-likeness (QED) is 0.688. The van der Waals surface area contributed by atoms with E-state index in [2.05, 4.69) is 0 Å². The van der Waals surface area contributed by atoms with Gasteiger partial charge in [-0.15, -0.1) is 0 Å². The molecule has 0 saturated heterocycles. The number of anilines is 1. The molecule has 8 heteroatoms. The minimum atomic E-state index is -4.46. The third-order valence-corrected chi connectivity index (χ3v) is 3.85. The van der Waals surface area contributed by atoms with Crippen LogP contribution in [0.2, 0.25) is 0 Å². The van der Waals surface area contributed by atoms with E-state index in [0.717, 1.165) is 5.56 Å². The summed E-state index contributed by atoms with van der Waals surface area (Å²) in [5.41, 5.74) is 1.38. The van der Waals surface area contributed by atoms with Gasteiger partial charge in [0, 0.05) is 6.54 Å². The Morgan fingerprint density at radius 2 is 1.85 bits per heavy atom. The molecule has 0 radical (unpaired) electrons. The maximum Gasteiger partial charge on any atom is 0.422 e. The molecule has 27 heavy (non-hydrogen) atoms. The molecular formula is C19H18F3NO4. The molecule has 0 bridgehead atoms. The zero-order chi connectivity index (χ0) is 19.3. The van der Waals surface area contributed by atoms with Gasteiger partial charge in [-0.2, -0.15) is 13.2 Å². The van der Waals surface area contributed by atoms with Gasteiger partial charge < -0.3 is 19.1 Å². The molecule has 3 rings (SSSR count). The Balaban J connectivity index is 1.64. The molecule has 2 aromatic carbocycles. The van der Waals surface area contributed by atoms with Crippen molar-refractivity contribution in [2.75, 3.05) is 31.3 Å². The number of carbonyl (C=O) groups is 1. The molecule has 144 valence electrons. The SMILES string of the molecule is O=C1COc2c(OCC(F)(F)F)cccc2N1CCOCc1ccccc1. The average molecular weight is 381 g/mol. The van der Waals surface area contributed by atoms with Crippen molar-refractivity contribution in [1.82, 2.24) is 0 Å². The molecule has 1 aliphatic heterocycles. The van der Waals surface area contributed by atoms with Crippen molar-refractivity contribution >= 4 is 11.6 Å². The number of ether oxygens (including phenoxy) is 3. The van der Waals surface area contributed by atoms with Gasteiger partial charge in [0.15, 0.2) is 24.7 Å². The standard InChI is InChI=1S/C19H18F3NO4/c20-19(21,22)13-27-16-8-4-7-15-18(16)26-12-17(24)23(15)9-10-25-11-14-5-2-1-3-6-14/h1-8H,9-13H2. The molecule has 1 heterocycles. The molecule has 0 spiro atoms. The van der Waals surface area contributed by atoms with Crippen LogP contribution in [0.4, 0.5) is 18.9 Å². The first kappa shape index (κ1) is 19.0. The lowest BCUT2D eigenvalue weighted by Crippen LogP contribution is -2.41. The number of rotatable bonds is 7. The minimum absolute atomic E-state index is 0.0486. The zero-order valence-electron chi connectivity index (χ0n) is 14.4. The second kappa shape index (κ2) is 8.30. The normalized spacial score (nSPS) is 13.9. The number of para-hydroxylation sites is 1. The van der Waals surface area contributed by atoms with Crippen LogP contribution in [0.15, 0.2) is 48.5 Å². The lowest BCUT2D eigenvalue weighted by molar-refractivity contribution is -0.153. The zero-order valence-corrected chi connectivity index (χ0v) is 14.4. The summed E-state index contributed by atoms with van der Waals surface area (Å²) in [6.45, 7) is -0.765. The molecule has 5 nitrogen and oxygen atoms in total. The fourth-order valence-electron chi connectivity index (χ4n) is 2.65. The highest BCUT2D eigenvalue weighted by Gasteiger charge is 2.31. The van der Waals surface area contributed by atoms with E-state index in [0.29, 0.717) is 12.3 Å². The highest BCUT2D eigenvalue weighted by atomic mass is 19.4. The molecule has 2 aromatic rings. The number of nitrogens with zero attached hydrogens (tertiary/aromatic N) is 1.